The Morgan fingerprint density at radius 2 is 2.08 bits per heavy atom. The molecule has 0 saturated heterocycles. The molecule has 0 bridgehead atoms. The molecule has 0 radical (unpaired) electrons. The maximum absolute atomic E-state index is 11.0. The second kappa shape index (κ2) is 4.99. The fraction of sp³-hybridized carbons (Fsp3) is 0.333. The van der Waals surface area contributed by atoms with Crippen molar-refractivity contribution < 1.29 is 12.6 Å². The van der Waals surface area contributed by atoms with E-state index in [-0.39, 0.29) is 0 Å². The summed E-state index contributed by atoms with van der Waals surface area (Å²) in [7, 11) is 0. The minimum absolute atomic E-state index is 0.374. The third-order valence-corrected chi connectivity index (χ3v) is 2.21. The van der Waals surface area contributed by atoms with Crippen LogP contribution in [0.5, 0.6) is 5.75 Å². The highest BCUT2D eigenvalue weighted by molar-refractivity contribution is 7.75. The van der Waals surface area contributed by atoms with Crippen LogP contribution in [0.2, 0.25) is 0 Å². The van der Waals surface area contributed by atoms with Gasteiger partial charge >= 0.3 is 11.4 Å². The van der Waals surface area contributed by atoms with E-state index in [1.165, 1.54) is 0 Å². The Kier molecular flexibility index (Phi) is 3.92. The lowest BCUT2D eigenvalue weighted by Gasteiger charge is -2.05. The van der Waals surface area contributed by atoms with Crippen LogP contribution in [0, 0.1) is 6.92 Å². The standard InChI is InChI=1S/C9H12O3S/c1-3-11-13(10)12-9-7-5-4-6-8(9)2/h4-7H,3H2,1-2H3. The summed E-state index contributed by atoms with van der Waals surface area (Å²) in [5.41, 5.74) is 0.940. The van der Waals surface area contributed by atoms with E-state index in [0.717, 1.165) is 5.56 Å². The van der Waals surface area contributed by atoms with Crippen molar-refractivity contribution in [3.8, 4) is 5.75 Å². The summed E-state index contributed by atoms with van der Waals surface area (Å²) in [5.74, 6) is 0.592. The molecule has 1 atom stereocenters. The molecule has 0 aromatic heterocycles. The van der Waals surface area contributed by atoms with Crippen LogP contribution in [0.3, 0.4) is 0 Å². The molecular weight excluding hydrogens is 188 g/mol. The van der Waals surface area contributed by atoms with Crippen LogP contribution >= 0.6 is 0 Å². The van der Waals surface area contributed by atoms with E-state index in [0.29, 0.717) is 12.4 Å². The van der Waals surface area contributed by atoms with Crippen molar-refractivity contribution in [1.82, 2.24) is 0 Å². The van der Waals surface area contributed by atoms with Gasteiger partial charge < -0.3 is 4.18 Å². The molecule has 0 fully saturated rings. The molecule has 0 saturated carbocycles. The van der Waals surface area contributed by atoms with Crippen molar-refractivity contribution in [2.45, 2.75) is 13.8 Å². The normalized spacial score (nSPS) is 12.5. The highest BCUT2D eigenvalue weighted by Gasteiger charge is 2.03. The lowest BCUT2D eigenvalue weighted by Crippen LogP contribution is -2.05. The molecule has 0 heterocycles. The lowest BCUT2D eigenvalue weighted by molar-refractivity contribution is 0.328. The minimum atomic E-state index is -1.68. The Morgan fingerprint density at radius 1 is 1.38 bits per heavy atom. The fourth-order valence-electron chi connectivity index (χ4n) is 0.844. The van der Waals surface area contributed by atoms with Crippen LogP contribution in [0.4, 0.5) is 0 Å². The van der Waals surface area contributed by atoms with Crippen molar-refractivity contribution >= 4 is 11.4 Å². The maximum Gasteiger partial charge on any atom is 0.360 e. The SMILES string of the molecule is CCOS(=O)Oc1ccccc1C. The van der Waals surface area contributed by atoms with E-state index < -0.39 is 11.4 Å². The first-order valence-corrected chi connectivity index (χ1v) is 5.03. The molecule has 72 valence electrons. The summed E-state index contributed by atoms with van der Waals surface area (Å²) in [4.78, 5) is 0. The molecule has 0 spiro atoms. The van der Waals surface area contributed by atoms with E-state index in [2.05, 4.69) is 0 Å². The summed E-state index contributed by atoms with van der Waals surface area (Å²) in [6.07, 6.45) is 0. The predicted molar refractivity (Wildman–Crippen MR) is 51.6 cm³/mol. The predicted octanol–water partition coefficient (Wildman–Crippen LogP) is 1.99. The quantitative estimate of drug-likeness (QED) is 0.745. The number of hydrogen-bond donors (Lipinski definition) is 0. The van der Waals surface area contributed by atoms with Crippen LogP contribution in [-0.2, 0) is 15.5 Å². The van der Waals surface area contributed by atoms with E-state index >= 15 is 0 Å². The molecule has 0 N–H and O–H groups in total. The largest absolute Gasteiger partial charge is 0.380 e. The van der Waals surface area contributed by atoms with Gasteiger partial charge in [-0.05, 0) is 25.5 Å². The molecule has 1 unspecified atom stereocenters. The van der Waals surface area contributed by atoms with E-state index in [1.807, 2.05) is 25.1 Å². The summed E-state index contributed by atoms with van der Waals surface area (Å²) >= 11 is -1.68. The van der Waals surface area contributed by atoms with Gasteiger partial charge in [-0.25, -0.2) is 0 Å². The van der Waals surface area contributed by atoms with Gasteiger partial charge in [-0.2, -0.15) is 4.21 Å². The minimum Gasteiger partial charge on any atom is -0.380 e. The molecule has 1 aromatic rings. The Hall–Kier alpha value is -0.870. The first-order valence-electron chi connectivity index (χ1n) is 4.03. The fourth-order valence-corrected chi connectivity index (χ4v) is 1.42. The van der Waals surface area contributed by atoms with Crippen molar-refractivity contribution in [1.29, 1.82) is 0 Å². The van der Waals surface area contributed by atoms with Gasteiger partial charge in [0, 0.05) is 0 Å². The number of aryl methyl sites for hydroxylation is 1. The van der Waals surface area contributed by atoms with Crippen LogP contribution in [-0.4, -0.2) is 10.8 Å². The lowest BCUT2D eigenvalue weighted by atomic mass is 10.2. The van der Waals surface area contributed by atoms with Gasteiger partial charge in [0.2, 0.25) is 0 Å². The Labute approximate surface area is 80.5 Å². The Bertz CT molecular complexity index is 299. The van der Waals surface area contributed by atoms with Gasteiger partial charge in [0.05, 0.1) is 6.61 Å². The van der Waals surface area contributed by atoms with E-state index in [9.17, 15) is 4.21 Å². The topological polar surface area (TPSA) is 35.5 Å². The summed E-state index contributed by atoms with van der Waals surface area (Å²) in [5, 5.41) is 0. The monoisotopic (exact) mass is 200 g/mol. The average Bonchev–Trinajstić information content (AvgIpc) is 2.09. The number of para-hydroxylation sites is 1. The van der Waals surface area contributed by atoms with E-state index in [1.54, 1.807) is 13.0 Å². The Morgan fingerprint density at radius 3 is 2.69 bits per heavy atom. The smallest absolute Gasteiger partial charge is 0.360 e. The van der Waals surface area contributed by atoms with Crippen LogP contribution in [0.15, 0.2) is 24.3 Å². The molecule has 4 heteroatoms. The molecule has 1 aromatic carbocycles. The summed E-state index contributed by atoms with van der Waals surface area (Å²) < 4.78 is 20.8. The molecular formula is C9H12O3S. The highest BCUT2D eigenvalue weighted by atomic mass is 32.2. The molecule has 0 aliphatic heterocycles. The summed E-state index contributed by atoms with van der Waals surface area (Å²) in [6.45, 7) is 4.02. The molecule has 1 rings (SSSR count). The number of rotatable bonds is 4. The second-order valence-electron chi connectivity index (χ2n) is 2.46. The van der Waals surface area contributed by atoms with Gasteiger partial charge in [-0.15, -0.1) is 0 Å². The van der Waals surface area contributed by atoms with Gasteiger partial charge in [-0.1, -0.05) is 18.2 Å². The maximum atomic E-state index is 11.0. The van der Waals surface area contributed by atoms with Crippen LogP contribution < -0.4 is 4.18 Å². The van der Waals surface area contributed by atoms with Crippen molar-refractivity contribution in [3.05, 3.63) is 29.8 Å². The summed E-state index contributed by atoms with van der Waals surface area (Å²) in [6, 6.07) is 7.36. The molecule has 13 heavy (non-hydrogen) atoms. The van der Waals surface area contributed by atoms with E-state index in [4.69, 9.17) is 8.37 Å². The van der Waals surface area contributed by atoms with Gasteiger partial charge in [0.1, 0.15) is 5.75 Å². The first-order chi connectivity index (χ1) is 6.24. The first kappa shape index (κ1) is 10.2. The average molecular weight is 200 g/mol. The van der Waals surface area contributed by atoms with Gasteiger partial charge in [0.15, 0.2) is 0 Å². The highest BCUT2D eigenvalue weighted by Crippen LogP contribution is 2.17. The third-order valence-electron chi connectivity index (χ3n) is 1.47. The zero-order valence-electron chi connectivity index (χ0n) is 7.65. The van der Waals surface area contributed by atoms with Crippen molar-refractivity contribution in [2.75, 3.05) is 6.61 Å². The molecule has 0 aliphatic carbocycles. The zero-order valence-corrected chi connectivity index (χ0v) is 8.47. The Balaban J connectivity index is 2.63. The number of hydrogen-bond acceptors (Lipinski definition) is 3. The molecule has 0 amide bonds. The van der Waals surface area contributed by atoms with Crippen LogP contribution in [0.1, 0.15) is 12.5 Å². The molecule has 0 aliphatic rings. The molecule has 3 nitrogen and oxygen atoms in total. The second-order valence-corrected chi connectivity index (χ2v) is 3.27. The zero-order chi connectivity index (χ0) is 9.68. The van der Waals surface area contributed by atoms with Gasteiger partial charge in [0.25, 0.3) is 0 Å². The van der Waals surface area contributed by atoms with Crippen molar-refractivity contribution in [3.63, 3.8) is 0 Å². The third kappa shape index (κ3) is 3.16. The van der Waals surface area contributed by atoms with Gasteiger partial charge in [-0.3, -0.25) is 4.18 Å². The van der Waals surface area contributed by atoms with Crippen LogP contribution in [0.25, 0.3) is 0 Å². The van der Waals surface area contributed by atoms with Crippen molar-refractivity contribution in [2.24, 2.45) is 0 Å². The number of benzene rings is 1.